The number of nitrogens with two attached hydrogens (primary N) is 1. The van der Waals surface area contributed by atoms with Crippen LogP contribution in [0.25, 0.3) is 0 Å². The Morgan fingerprint density at radius 2 is 2.10 bits per heavy atom. The third kappa shape index (κ3) is 4.14. The Kier molecular flexibility index (Phi) is 4.77. The van der Waals surface area contributed by atoms with Gasteiger partial charge in [-0.1, -0.05) is 20.8 Å². The maximum absolute atomic E-state index is 12.3. The van der Waals surface area contributed by atoms with Gasteiger partial charge in [0, 0.05) is 25.5 Å². The molecule has 1 aliphatic rings. The van der Waals surface area contributed by atoms with Gasteiger partial charge in [0.25, 0.3) is 5.91 Å². The summed E-state index contributed by atoms with van der Waals surface area (Å²) in [6.45, 7) is 8.31. The second kappa shape index (κ2) is 6.39. The van der Waals surface area contributed by atoms with Gasteiger partial charge in [0.1, 0.15) is 5.69 Å². The first kappa shape index (κ1) is 15.7. The third-order valence-electron chi connectivity index (χ3n) is 3.96. The van der Waals surface area contributed by atoms with Gasteiger partial charge in [-0.25, -0.2) is 9.97 Å². The van der Waals surface area contributed by atoms with E-state index in [0.717, 1.165) is 31.7 Å². The van der Waals surface area contributed by atoms with Crippen LogP contribution < -0.4 is 11.1 Å². The lowest BCUT2D eigenvalue weighted by atomic mass is 9.82. The Balaban J connectivity index is 2.03. The quantitative estimate of drug-likeness (QED) is 0.882. The smallest absolute Gasteiger partial charge is 0.270 e. The number of hydrogen-bond donors (Lipinski definition) is 2. The lowest BCUT2D eigenvalue weighted by molar-refractivity contribution is 0.0238. The molecule has 0 aliphatic carbocycles. The minimum Gasteiger partial charge on any atom is -0.381 e. The molecule has 0 unspecified atom stereocenters. The van der Waals surface area contributed by atoms with Gasteiger partial charge in [-0.15, -0.1) is 0 Å². The predicted octanol–water partition coefficient (Wildman–Crippen LogP) is 1.73. The Labute approximate surface area is 125 Å². The Hall–Kier alpha value is -1.69. The summed E-state index contributed by atoms with van der Waals surface area (Å²) >= 11 is 0. The van der Waals surface area contributed by atoms with E-state index < -0.39 is 0 Å². The zero-order valence-corrected chi connectivity index (χ0v) is 13.0. The summed E-state index contributed by atoms with van der Waals surface area (Å²) in [6, 6.07) is 1.71. The number of ether oxygens (including phenoxy) is 1. The summed E-state index contributed by atoms with van der Waals surface area (Å²) in [4.78, 5) is 20.5. The average Bonchev–Trinajstić information content (AvgIpc) is 2.45. The highest BCUT2D eigenvalue weighted by molar-refractivity contribution is 5.92. The van der Waals surface area contributed by atoms with Crippen LogP contribution in [-0.4, -0.2) is 35.6 Å². The molecule has 6 heteroatoms. The molecule has 0 bridgehead atoms. The third-order valence-corrected chi connectivity index (χ3v) is 3.96. The number of amides is 1. The van der Waals surface area contributed by atoms with E-state index in [2.05, 4.69) is 22.2 Å². The summed E-state index contributed by atoms with van der Waals surface area (Å²) in [5.74, 6) is 0.150. The number of hydrogen-bond acceptors (Lipinski definition) is 5. The second-order valence-electron chi connectivity index (χ2n) is 6.30. The molecule has 1 amide bonds. The maximum atomic E-state index is 12.3. The molecule has 116 valence electrons. The fourth-order valence-electron chi connectivity index (χ4n) is 2.32. The topological polar surface area (TPSA) is 90.1 Å². The van der Waals surface area contributed by atoms with E-state index in [0.29, 0.717) is 12.2 Å². The second-order valence-corrected chi connectivity index (χ2v) is 6.30. The van der Waals surface area contributed by atoms with Crippen molar-refractivity contribution in [3.8, 4) is 0 Å². The molecular formula is C15H24N4O2. The van der Waals surface area contributed by atoms with Gasteiger partial charge < -0.3 is 15.8 Å². The van der Waals surface area contributed by atoms with Crippen molar-refractivity contribution in [1.82, 2.24) is 15.3 Å². The molecule has 0 aromatic carbocycles. The van der Waals surface area contributed by atoms with E-state index in [1.165, 1.54) is 0 Å². The first-order chi connectivity index (χ1) is 9.89. The number of rotatable bonds is 4. The van der Waals surface area contributed by atoms with Crippen molar-refractivity contribution in [3.63, 3.8) is 0 Å². The van der Waals surface area contributed by atoms with Crippen LogP contribution in [0.4, 0.5) is 5.95 Å². The Morgan fingerprint density at radius 3 is 2.71 bits per heavy atom. The molecular weight excluding hydrogens is 268 g/mol. The van der Waals surface area contributed by atoms with Crippen LogP contribution in [0.2, 0.25) is 0 Å². The minimum atomic E-state index is -0.196. The van der Waals surface area contributed by atoms with Gasteiger partial charge >= 0.3 is 0 Å². The molecule has 1 saturated heterocycles. The number of carbonyl (C=O) groups is 1. The lowest BCUT2D eigenvalue weighted by Crippen LogP contribution is -2.39. The lowest BCUT2D eigenvalue weighted by Gasteiger charge is -2.33. The average molecular weight is 292 g/mol. The SMILES string of the molecule is CC(C)c1cc(C(=O)NCC2(C)CCOCC2)nc(N)n1. The van der Waals surface area contributed by atoms with Gasteiger partial charge in [-0.2, -0.15) is 0 Å². The molecule has 0 radical (unpaired) electrons. The molecule has 0 atom stereocenters. The molecule has 1 aliphatic heterocycles. The highest BCUT2D eigenvalue weighted by Crippen LogP contribution is 2.28. The van der Waals surface area contributed by atoms with Crippen LogP contribution in [0, 0.1) is 5.41 Å². The van der Waals surface area contributed by atoms with E-state index in [1.54, 1.807) is 6.07 Å². The van der Waals surface area contributed by atoms with Gasteiger partial charge in [-0.05, 0) is 30.2 Å². The van der Waals surface area contributed by atoms with Gasteiger partial charge in [-0.3, -0.25) is 4.79 Å². The molecule has 0 spiro atoms. The molecule has 1 aromatic heterocycles. The Bertz CT molecular complexity index is 510. The number of nitrogens with one attached hydrogen (secondary N) is 1. The van der Waals surface area contributed by atoms with Crippen molar-refractivity contribution < 1.29 is 9.53 Å². The monoisotopic (exact) mass is 292 g/mol. The summed E-state index contributed by atoms with van der Waals surface area (Å²) in [5.41, 5.74) is 6.89. The number of carbonyl (C=O) groups excluding carboxylic acids is 1. The molecule has 2 rings (SSSR count). The molecule has 2 heterocycles. The highest BCUT2D eigenvalue weighted by Gasteiger charge is 2.28. The Morgan fingerprint density at radius 1 is 1.43 bits per heavy atom. The van der Waals surface area contributed by atoms with E-state index in [9.17, 15) is 4.79 Å². The first-order valence-corrected chi connectivity index (χ1v) is 7.40. The van der Waals surface area contributed by atoms with E-state index in [4.69, 9.17) is 10.5 Å². The fourth-order valence-corrected chi connectivity index (χ4v) is 2.32. The maximum Gasteiger partial charge on any atom is 0.270 e. The summed E-state index contributed by atoms with van der Waals surface area (Å²) < 4.78 is 5.36. The van der Waals surface area contributed by atoms with Crippen LogP contribution in [0.15, 0.2) is 6.07 Å². The zero-order valence-electron chi connectivity index (χ0n) is 13.0. The van der Waals surface area contributed by atoms with E-state index in [1.807, 2.05) is 13.8 Å². The van der Waals surface area contributed by atoms with Crippen molar-refractivity contribution in [1.29, 1.82) is 0 Å². The normalized spacial score (nSPS) is 17.7. The van der Waals surface area contributed by atoms with Crippen LogP contribution in [0.5, 0.6) is 0 Å². The summed E-state index contributed by atoms with van der Waals surface area (Å²) in [6.07, 6.45) is 1.91. The molecule has 21 heavy (non-hydrogen) atoms. The van der Waals surface area contributed by atoms with Gasteiger partial charge in [0.2, 0.25) is 5.95 Å². The molecule has 3 N–H and O–H groups in total. The number of nitrogens with zero attached hydrogens (tertiary/aromatic N) is 2. The van der Waals surface area contributed by atoms with Crippen molar-refractivity contribution in [2.24, 2.45) is 5.41 Å². The van der Waals surface area contributed by atoms with E-state index >= 15 is 0 Å². The van der Waals surface area contributed by atoms with Gasteiger partial charge in [0.05, 0.1) is 0 Å². The first-order valence-electron chi connectivity index (χ1n) is 7.40. The zero-order chi connectivity index (χ0) is 15.5. The van der Waals surface area contributed by atoms with Crippen molar-refractivity contribution in [2.75, 3.05) is 25.5 Å². The van der Waals surface area contributed by atoms with Crippen molar-refractivity contribution in [3.05, 3.63) is 17.5 Å². The number of aromatic nitrogens is 2. The van der Waals surface area contributed by atoms with Crippen molar-refractivity contribution >= 4 is 11.9 Å². The van der Waals surface area contributed by atoms with Crippen LogP contribution in [0.1, 0.15) is 55.7 Å². The van der Waals surface area contributed by atoms with Crippen LogP contribution in [-0.2, 0) is 4.74 Å². The van der Waals surface area contributed by atoms with E-state index in [-0.39, 0.29) is 23.2 Å². The molecule has 0 saturated carbocycles. The largest absolute Gasteiger partial charge is 0.381 e. The summed E-state index contributed by atoms with van der Waals surface area (Å²) in [5, 5.41) is 2.96. The number of anilines is 1. The van der Waals surface area contributed by atoms with Crippen LogP contribution in [0.3, 0.4) is 0 Å². The summed E-state index contributed by atoms with van der Waals surface area (Å²) in [7, 11) is 0. The standard InChI is InChI=1S/C15H24N4O2/c1-10(2)11-8-12(19-14(16)18-11)13(20)17-9-15(3)4-6-21-7-5-15/h8,10H,4-7,9H2,1-3H3,(H,17,20)(H2,16,18,19). The highest BCUT2D eigenvalue weighted by atomic mass is 16.5. The van der Waals surface area contributed by atoms with Crippen molar-refractivity contribution in [2.45, 2.75) is 39.5 Å². The fraction of sp³-hybridized carbons (Fsp3) is 0.667. The number of nitrogen functional groups attached to an aromatic ring is 1. The van der Waals surface area contributed by atoms with Gasteiger partial charge in [0.15, 0.2) is 0 Å². The van der Waals surface area contributed by atoms with Crippen LogP contribution >= 0.6 is 0 Å². The minimum absolute atomic E-state index is 0.0906. The molecule has 1 fully saturated rings. The molecule has 6 nitrogen and oxygen atoms in total. The predicted molar refractivity (Wildman–Crippen MR) is 81.0 cm³/mol. The molecule has 1 aromatic rings.